The van der Waals surface area contributed by atoms with Gasteiger partial charge in [0.1, 0.15) is 5.75 Å². The van der Waals surface area contributed by atoms with Crippen LogP contribution in [-0.4, -0.2) is 23.2 Å². The molecule has 0 atom stereocenters. The summed E-state index contributed by atoms with van der Waals surface area (Å²) in [5.41, 5.74) is 8.33. The van der Waals surface area contributed by atoms with Crippen molar-refractivity contribution >= 4 is 5.97 Å². The van der Waals surface area contributed by atoms with Crippen LogP contribution in [-0.2, 0) is 4.79 Å². The second-order valence-corrected chi connectivity index (χ2v) is 4.66. The molecule has 1 aromatic carbocycles. The Hall–Kier alpha value is -3.70. The highest BCUT2D eigenvalue weighted by molar-refractivity contribution is 5.85. The number of hydrazine groups is 1. The second kappa shape index (κ2) is 8.24. The van der Waals surface area contributed by atoms with Crippen LogP contribution in [0.3, 0.4) is 0 Å². The molecule has 0 saturated heterocycles. The summed E-state index contributed by atoms with van der Waals surface area (Å²) >= 11 is 0. The predicted octanol–water partition coefficient (Wildman–Crippen LogP) is 0.544. The van der Waals surface area contributed by atoms with Gasteiger partial charge in [0, 0.05) is 23.4 Å². The van der Waals surface area contributed by atoms with E-state index in [0.29, 0.717) is 22.8 Å². The minimum atomic E-state index is -1.35. The first kappa shape index (κ1) is 17.7. The number of carboxylic acids is 1. The van der Waals surface area contributed by atoms with Crippen molar-refractivity contribution in [2.45, 2.75) is 0 Å². The molecule has 0 amide bonds. The van der Waals surface area contributed by atoms with E-state index in [2.05, 4.69) is 22.3 Å². The molecular weight excluding hydrogens is 324 g/mol. The zero-order valence-corrected chi connectivity index (χ0v) is 13.3. The fourth-order valence-electron chi connectivity index (χ4n) is 1.73. The summed E-state index contributed by atoms with van der Waals surface area (Å²) in [6, 6.07) is 10.2. The first-order valence-electron chi connectivity index (χ1n) is 7.03. The van der Waals surface area contributed by atoms with Gasteiger partial charge in [0.15, 0.2) is 5.70 Å². The highest BCUT2D eigenvalue weighted by atomic mass is 16.5. The lowest BCUT2D eigenvalue weighted by Crippen LogP contribution is -2.31. The van der Waals surface area contributed by atoms with E-state index >= 15 is 0 Å². The van der Waals surface area contributed by atoms with Gasteiger partial charge in [0.25, 0.3) is 0 Å². The van der Waals surface area contributed by atoms with E-state index in [9.17, 15) is 4.79 Å². The SMILES string of the molecule is COc1ccc(C#Cc2cccc(O/C(NN)=C(/N)C(=O)O)c2)cn1. The van der Waals surface area contributed by atoms with Crippen LogP contribution in [0.1, 0.15) is 11.1 Å². The Labute approximate surface area is 144 Å². The Bertz CT molecular complexity index is 851. The lowest BCUT2D eigenvalue weighted by molar-refractivity contribution is -0.132. The van der Waals surface area contributed by atoms with Gasteiger partial charge >= 0.3 is 5.97 Å². The van der Waals surface area contributed by atoms with Crippen LogP contribution < -0.4 is 26.5 Å². The summed E-state index contributed by atoms with van der Waals surface area (Å²) in [4.78, 5) is 14.9. The molecule has 0 spiro atoms. The molecule has 128 valence electrons. The third kappa shape index (κ3) is 4.89. The fraction of sp³-hybridized carbons (Fsp3) is 0.0588. The zero-order valence-electron chi connectivity index (χ0n) is 13.3. The molecule has 0 aliphatic rings. The lowest BCUT2D eigenvalue weighted by atomic mass is 10.2. The minimum Gasteiger partial charge on any atom is -0.481 e. The minimum absolute atomic E-state index is 0.267. The summed E-state index contributed by atoms with van der Waals surface area (Å²) in [7, 11) is 1.54. The molecule has 0 saturated carbocycles. The maximum Gasteiger partial charge on any atom is 0.357 e. The van der Waals surface area contributed by atoms with Crippen LogP contribution in [0.5, 0.6) is 11.6 Å². The molecular formula is C17H16N4O4. The van der Waals surface area contributed by atoms with Crippen molar-refractivity contribution in [1.29, 1.82) is 0 Å². The number of ether oxygens (including phenoxy) is 2. The molecule has 8 nitrogen and oxygen atoms in total. The number of nitrogens with zero attached hydrogens (tertiary/aromatic N) is 1. The van der Waals surface area contributed by atoms with Gasteiger partial charge in [0.2, 0.25) is 11.8 Å². The van der Waals surface area contributed by atoms with E-state index in [-0.39, 0.29) is 5.88 Å². The normalized spacial score (nSPS) is 10.8. The Balaban J connectivity index is 2.20. The molecule has 2 aromatic rings. The van der Waals surface area contributed by atoms with Crippen LogP contribution in [0.2, 0.25) is 0 Å². The number of methoxy groups -OCH3 is 1. The van der Waals surface area contributed by atoms with E-state index in [0.717, 1.165) is 0 Å². The number of rotatable bonds is 5. The van der Waals surface area contributed by atoms with Crippen molar-refractivity contribution in [3.05, 3.63) is 65.3 Å². The predicted molar refractivity (Wildman–Crippen MR) is 90.0 cm³/mol. The molecule has 2 rings (SSSR count). The molecule has 6 N–H and O–H groups in total. The number of aromatic nitrogens is 1. The van der Waals surface area contributed by atoms with Gasteiger partial charge in [-0.1, -0.05) is 17.9 Å². The average molecular weight is 340 g/mol. The smallest absolute Gasteiger partial charge is 0.357 e. The number of hydrogen-bond acceptors (Lipinski definition) is 7. The molecule has 1 aromatic heterocycles. The van der Waals surface area contributed by atoms with Crippen molar-refractivity contribution in [2.24, 2.45) is 11.6 Å². The number of pyridine rings is 1. The second-order valence-electron chi connectivity index (χ2n) is 4.66. The number of carbonyl (C=O) groups is 1. The van der Waals surface area contributed by atoms with Gasteiger partial charge in [0.05, 0.1) is 7.11 Å². The number of hydrogen-bond donors (Lipinski definition) is 4. The van der Waals surface area contributed by atoms with Crippen LogP contribution in [0.25, 0.3) is 0 Å². The molecule has 0 fully saturated rings. The van der Waals surface area contributed by atoms with Crippen LogP contribution in [0.4, 0.5) is 0 Å². The van der Waals surface area contributed by atoms with Crippen molar-refractivity contribution in [3.8, 4) is 23.5 Å². The van der Waals surface area contributed by atoms with Crippen LogP contribution in [0, 0.1) is 11.8 Å². The summed E-state index contributed by atoms with van der Waals surface area (Å²) in [5.74, 6) is 10.4. The van der Waals surface area contributed by atoms with Gasteiger partial charge in [-0.15, -0.1) is 0 Å². The maximum absolute atomic E-state index is 10.9. The Morgan fingerprint density at radius 3 is 2.60 bits per heavy atom. The standard InChI is InChI=1S/C17H16N4O4/c1-24-14-8-7-12(10-20-14)6-5-11-3-2-4-13(9-11)25-16(21-19)15(18)17(22)23/h2-4,7-10,21H,18-19H2,1H3,(H,22,23)/b16-15+. The molecule has 8 heteroatoms. The Morgan fingerprint density at radius 2 is 2.00 bits per heavy atom. The lowest BCUT2D eigenvalue weighted by Gasteiger charge is -2.10. The summed E-state index contributed by atoms with van der Waals surface area (Å²) in [5, 5.41) is 8.87. The van der Waals surface area contributed by atoms with Gasteiger partial charge in [-0.05, 0) is 24.3 Å². The zero-order chi connectivity index (χ0) is 18.2. The number of nitrogens with one attached hydrogen (secondary N) is 1. The van der Waals surface area contributed by atoms with Crippen LogP contribution >= 0.6 is 0 Å². The van der Waals surface area contributed by atoms with Gasteiger partial charge < -0.3 is 20.3 Å². The van der Waals surface area contributed by atoms with E-state index in [1.165, 1.54) is 7.11 Å². The van der Waals surface area contributed by atoms with E-state index < -0.39 is 11.7 Å². The molecule has 0 bridgehead atoms. The van der Waals surface area contributed by atoms with E-state index in [1.807, 2.05) is 0 Å². The molecule has 1 heterocycles. The molecule has 0 aliphatic carbocycles. The van der Waals surface area contributed by atoms with Crippen molar-refractivity contribution in [2.75, 3.05) is 7.11 Å². The number of aliphatic carboxylic acids is 1. The van der Waals surface area contributed by atoms with Gasteiger partial charge in [-0.2, -0.15) is 0 Å². The molecule has 25 heavy (non-hydrogen) atoms. The number of nitrogens with two attached hydrogens (primary N) is 2. The topological polar surface area (TPSA) is 133 Å². The first-order chi connectivity index (χ1) is 12.0. The Morgan fingerprint density at radius 1 is 1.24 bits per heavy atom. The third-order valence-corrected chi connectivity index (χ3v) is 2.96. The summed E-state index contributed by atoms with van der Waals surface area (Å²) < 4.78 is 10.3. The maximum atomic E-state index is 10.9. The highest BCUT2D eigenvalue weighted by Crippen LogP contribution is 2.15. The fourth-order valence-corrected chi connectivity index (χ4v) is 1.73. The first-order valence-corrected chi connectivity index (χ1v) is 7.03. The van der Waals surface area contributed by atoms with Crippen molar-refractivity contribution in [3.63, 3.8) is 0 Å². The number of carboxylic acid groups (broad SMARTS) is 1. The van der Waals surface area contributed by atoms with E-state index in [4.69, 9.17) is 26.2 Å². The molecule has 0 radical (unpaired) electrons. The van der Waals surface area contributed by atoms with Crippen LogP contribution in [0.15, 0.2) is 54.2 Å². The van der Waals surface area contributed by atoms with Gasteiger partial charge in [-0.3, -0.25) is 5.43 Å². The average Bonchev–Trinajstić information content (AvgIpc) is 2.64. The van der Waals surface area contributed by atoms with Crippen molar-refractivity contribution in [1.82, 2.24) is 10.4 Å². The summed E-state index contributed by atoms with van der Waals surface area (Å²) in [6.07, 6.45) is 1.60. The van der Waals surface area contributed by atoms with Crippen molar-refractivity contribution < 1.29 is 19.4 Å². The molecule has 0 unspecified atom stereocenters. The summed E-state index contributed by atoms with van der Waals surface area (Å²) in [6.45, 7) is 0. The quantitative estimate of drug-likeness (QED) is 0.204. The number of benzene rings is 1. The monoisotopic (exact) mass is 340 g/mol. The van der Waals surface area contributed by atoms with E-state index in [1.54, 1.807) is 42.6 Å². The molecule has 0 aliphatic heterocycles. The van der Waals surface area contributed by atoms with Gasteiger partial charge in [-0.25, -0.2) is 15.6 Å². The highest BCUT2D eigenvalue weighted by Gasteiger charge is 2.12. The third-order valence-electron chi connectivity index (χ3n) is 2.96. The largest absolute Gasteiger partial charge is 0.481 e. The Kier molecular flexibility index (Phi) is 5.81.